The van der Waals surface area contributed by atoms with Gasteiger partial charge < -0.3 is 26.4 Å². The molecule has 26 heavy (non-hydrogen) atoms. The fourth-order valence-electron chi connectivity index (χ4n) is 2.50. The number of unbranched alkanes of at least 4 members (excludes halogenated alkanes) is 2. The summed E-state index contributed by atoms with van der Waals surface area (Å²) < 4.78 is 11.5. The number of rotatable bonds is 11. The maximum absolute atomic E-state index is 12.1. The Labute approximate surface area is 163 Å². The topological polar surface area (TPSA) is 52.6 Å². The number of hydrogen-bond donors (Lipinski definition) is 0. The molecule has 0 unspecified atom stereocenters. The van der Waals surface area contributed by atoms with E-state index in [1.807, 2.05) is 51.5 Å². The first-order chi connectivity index (χ1) is 11.8. The van der Waals surface area contributed by atoms with Gasteiger partial charge in [-0.15, -0.1) is 0 Å². The van der Waals surface area contributed by atoms with Gasteiger partial charge in [0, 0.05) is 6.42 Å². The van der Waals surface area contributed by atoms with Crippen LogP contribution in [-0.2, 0) is 25.7 Å². The number of ether oxygens (including phenoxy) is 2. The van der Waals surface area contributed by atoms with E-state index in [9.17, 15) is 9.59 Å². The summed E-state index contributed by atoms with van der Waals surface area (Å²) in [5, 5.41) is 0. The number of likely N-dealkylation sites (N-methyl/N-ethyl adjacent to an activating group) is 1. The van der Waals surface area contributed by atoms with Crippen molar-refractivity contribution < 1.29 is 36.0 Å². The first-order valence-corrected chi connectivity index (χ1v) is 8.99. The van der Waals surface area contributed by atoms with Crippen molar-refractivity contribution in [3.63, 3.8) is 0 Å². The second kappa shape index (κ2) is 12.7. The van der Waals surface area contributed by atoms with E-state index < -0.39 is 6.10 Å². The molecule has 0 fully saturated rings. The van der Waals surface area contributed by atoms with Gasteiger partial charge in [0.15, 0.2) is 6.10 Å². The molecule has 0 aromatic heterocycles. The van der Waals surface area contributed by atoms with Gasteiger partial charge in [0.05, 0.1) is 27.6 Å². The quantitative estimate of drug-likeness (QED) is 0.313. The molecule has 1 aromatic rings. The molecule has 5 nitrogen and oxygen atoms in total. The fourth-order valence-corrected chi connectivity index (χ4v) is 2.50. The van der Waals surface area contributed by atoms with Crippen molar-refractivity contribution in [2.75, 3.05) is 27.7 Å². The Morgan fingerprint density at radius 2 is 1.69 bits per heavy atom. The van der Waals surface area contributed by atoms with E-state index in [1.165, 1.54) is 0 Å². The predicted molar refractivity (Wildman–Crippen MR) is 97.8 cm³/mol. The van der Waals surface area contributed by atoms with E-state index in [0.29, 0.717) is 17.4 Å². The zero-order valence-corrected chi connectivity index (χ0v) is 17.1. The molecule has 0 bridgehead atoms. The first kappa shape index (κ1) is 24.4. The maximum Gasteiger partial charge on any atom is 0.310 e. The van der Waals surface area contributed by atoms with E-state index >= 15 is 0 Å². The molecule has 0 saturated heterocycles. The Morgan fingerprint density at radius 1 is 1.04 bits per heavy atom. The van der Waals surface area contributed by atoms with Gasteiger partial charge in [0.25, 0.3) is 0 Å². The van der Waals surface area contributed by atoms with Crippen molar-refractivity contribution in [3.8, 4) is 0 Å². The predicted octanol–water partition coefficient (Wildman–Crippen LogP) is 0.322. The number of carbonyl (C=O) groups is 2. The van der Waals surface area contributed by atoms with Crippen LogP contribution in [0.3, 0.4) is 0 Å². The Balaban J connectivity index is 0.00000625. The fraction of sp³-hybridized carbons (Fsp3) is 0.600. The minimum absolute atomic E-state index is 0. The highest BCUT2D eigenvalue weighted by molar-refractivity contribution is 5.72. The van der Waals surface area contributed by atoms with Crippen LogP contribution in [0.5, 0.6) is 0 Å². The monoisotopic (exact) mass is 385 g/mol. The van der Waals surface area contributed by atoms with Crippen LogP contribution in [-0.4, -0.2) is 50.2 Å². The highest BCUT2D eigenvalue weighted by Crippen LogP contribution is 2.10. The van der Waals surface area contributed by atoms with E-state index in [1.54, 1.807) is 0 Å². The minimum atomic E-state index is -0.461. The Hall–Kier alpha value is -1.59. The van der Waals surface area contributed by atoms with Gasteiger partial charge in [-0.05, 0) is 12.0 Å². The lowest BCUT2D eigenvalue weighted by Crippen LogP contribution is -3.00. The molecule has 0 aliphatic heterocycles. The molecule has 0 N–H and O–H groups in total. The summed E-state index contributed by atoms with van der Waals surface area (Å²) in [7, 11) is 6.02. The van der Waals surface area contributed by atoms with Crippen LogP contribution in [0.4, 0.5) is 0 Å². The van der Waals surface area contributed by atoms with Gasteiger partial charge >= 0.3 is 11.9 Å². The van der Waals surface area contributed by atoms with E-state index in [-0.39, 0.29) is 37.4 Å². The standard InChI is InChI=1S/C20H32NO4.ClH/c1-5-6-8-13-19(22)25-18(15-21(2,3)4)14-20(23)24-16-17-11-9-7-10-12-17;/h7,9-12,18H,5-6,8,13-16H2,1-4H3;1H/q+1;/p-1/t18-;/m1./s1. The number of quaternary nitrogens is 1. The number of carbonyl (C=O) groups excluding carboxylic acids is 2. The smallest absolute Gasteiger partial charge is 0.310 e. The lowest BCUT2D eigenvalue weighted by Gasteiger charge is -2.28. The zero-order valence-electron chi connectivity index (χ0n) is 16.4. The van der Waals surface area contributed by atoms with Crippen LogP contribution < -0.4 is 12.4 Å². The molecule has 1 aromatic carbocycles. The third-order valence-corrected chi connectivity index (χ3v) is 3.67. The highest BCUT2D eigenvalue weighted by atomic mass is 35.5. The molecular formula is C20H32ClNO4. The summed E-state index contributed by atoms with van der Waals surface area (Å²) in [6.07, 6.45) is 2.92. The number of benzene rings is 1. The molecule has 0 spiro atoms. The van der Waals surface area contributed by atoms with Crippen molar-refractivity contribution in [2.24, 2.45) is 0 Å². The first-order valence-electron chi connectivity index (χ1n) is 8.99. The zero-order chi connectivity index (χ0) is 18.7. The van der Waals surface area contributed by atoms with E-state index in [2.05, 4.69) is 6.92 Å². The van der Waals surface area contributed by atoms with Crippen molar-refractivity contribution >= 4 is 11.9 Å². The third kappa shape index (κ3) is 11.9. The average Bonchev–Trinajstić information content (AvgIpc) is 2.52. The van der Waals surface area contributed by atoms with Crippen LogP contribution in [0, 0.1) is 0 Å². The van der Waals surface area contributed by atoms with Crippen molar-refractivity contribution in [2.45, 2.75) is 51.7 Å². The molecular weight excluding hydrogens is 354 g/mol. The Bertz CT molecular complexity index is 528. The van der Waals surface area contributed by atoms with Gasteiger partial charge in [-0.1, -0.05) is 50.1 Å². The van der Waals surface area contributed by atoms with Gasteiger partial charge in [0.1, 0.15) is 13.2 Å². The van der Waals surface area contributed by atoms with Crippen molar-refractivity contribution in [1.29, 1.82) is 0 Å². The molecule has 1 rings (SSSR count). The SMILES string of the molecule is CCCCCC(=O)O[C@H](CC(=O)OCc1ccccc1)C[N+](C)(C)C.[Cl-]. The molecule has 0 aliphatic rings. The number of halogens is 1. The van der Waals surface area contributed by atoms with Crippen LogP contribution in [0.1, 0.15) is 44.6 Å². The molecule has 0 saturated carbocycles. The summed E-state index contributed by atoms with van der Waals surface area (Å²) in [5.74, 6) is -0.577. The molecule has 0 radical (unpaired) electrons. The normalized spacial score (nSPS) is 12.0. The maximum atomic E-state index is 12.1. The lowest BCUT2D eigenvalue weighted by molar-refractivity contribution is -0.873. The van der Waals surface area contributed by atoms with Gasteiger partial charge in [-0.25, -0.2) is 0 Å². The minimum Gasteiger partial charge on any atom is -1.00 e. The van der Waals surface area contributed by atoms with E-state index in [0.717, 1.165) is 24.8 Å². The number of hydrogen-bond acceptors (Lipinski definition) is 4. The third-order valence-electron chi connectivity index (χ3n) is 3.67. The summed E-state index contributed by atoms with van der Waals surface area (Å²) in [6.45, 7) is 2.90. The van der Waals surface area contributed by atoms with Crippen LogP contribution >= 0.6 is 0 Å². The van der Waals surface area contributed by atoms with Gasteiger partial charge in [-0.2, -0.15) is 0 Å². The molecule has 6 heteroatoms. The second-order valence-corrected chi connectivity index (χ2v) is 7.39. The molecule has 0 heterocycles. The average molecular weight is 386 g/mol. The highest BCUT2D eigenvalue weighted by Gasteiger charge is 2.25. The largest absolute Gasteiger partial charge is 1.00 e. The summed E-state index contributed by atoms with van der Waals surface area (Å²) in [6, 6.07) is 9.54. The van der Waals surface area contributed by atoms with Crippen LogP contribution in [0.25, 0.3) is 0 Å². The molecule has 148 valence electrons. The Morgan fingerprint density at radius 3 is 2.27 bits per heavy atom. The van der Waals surface area contributed by atoms with E-state index in [4.69, 9.17) is 9.47 Å². The van der Waals surface area contributed by atoms with Gasteiger partial charge in [0.2, 0.25) is 0 Å². The summed E-state index contributed by atoms with van der Waals surface area (Å²) in [4.78, 5) is 24.1. The summed E-state index contributed by atoms with van der Waals surface area (Å²) in [5.41, 5.74) is 0.940. The van der Waals surface area contributed by atoms with Crippen LogP contribution in [0.15, 0.2) is 30.3 Å². The second-order valence-electron chi connectivity index (χ2n) is 7.39. The lowest BCUT2D eigenvalue weighted by atomic mass is 10.2. The Kier molecular flexibility index (Phi) is 11.9. The van der Waals surface area contributed by atoms with Crippen molar-refractivity contribution in [3.05, 3.63) is 35.9 Å². The summed E-state index contributed by atoms with van der Waals surface area (Å²) >= 11 is 0. The molecule has 0 aliphatic carbocycles. The molecule has 1 atom stereocenters. The van der Waals surface area contributed by atoms with Crippen molar-refractivity contribution in [1.82, 2.24) is 0 Å². The number of esters is 2. The molecule has 0 amide bonds. The number of nitrogens with zero attached hydrogens (tertiary/aromatic N) is 1. The van der Waals surface area contributed by atoms with Crippen LogP contribution in [0.2, 0.25) is 0 Å². The van der Waals surface area contributed by atoms with Gasteiger partial charge in [-0.3, -0.25) is 9.59 Å².